The molecule has 0 radical (unpaired) electrons. The lowest BCUT2D eigenvalue weighted by Crippen LogP contribution is -2.26. The van der Waals surface area contributed by atoms with Gasteiger partial charge in [-0.15, -0.1) is 0 Å². The highest BCUT2D eigenvalue weighted by Crippen LogP contribution is 2.29. The number of hydrogen-bond acceptors (Lipinski definition) is 3. The average Bonchev–Trinajstić information content (AvgIpc) is 2.53. The minimum absolute atomic E-state index is 0.0971. The summed E-state index contributed by atoms with van der Waals surface area (Å²) in [5, 5.41) is 2.66. The first kappa shape index (κ1) is 19.0. The fourth-order valence-corrected chi connectivity index (χ4v) is 2.81. The van der Waals surface area contributed by atoms with Gasteiger partial charge in [-0.05, 0) is 48.9 Å². The van der Waals surface area contributed by atoms with Crippen molar-refractivity contribution in [2.75, 3.05) is 6.26 Å². The number of rotatable bonds is 4. The summed E-state index contributed by atoms with van der Waals surface area (Å²) in [5.74, 6) is -0.451. The Bertz CT molecular complexity index is 858. The van der Waals surface area contributed by atoms with E-state index in [9.17, 15) is 26.4 Å². The van der Waals surface area contributed by atoms with Gasteiger partial charge in [0.05, 0.1) is 16.5 Å². The van der Waals surface area contributed by atoms with Crippen LogP contribution in [0.2, 0.25) is 0 Å². The molecule has 1 amide bonds. The summed E-state index contributed by atoms with van der Waals surface area (Å²) in [7, 11) is -3.35. The van der Waals surface area contributed by atoms with Crippen LogP contribution in [0.3, 0.4) is 0 Å². The highest BCUT2D eigenvalue weighted by molar-refractivity contribution is 7.90. The molecule has 0 spiro atoms. The summed E-state index contributed by atoms with van der Waals surface area (Å²) in [6.07, 6.45) is -3.35. The van der Waals surface area contributed by atoms with Crippen molar-refractivity contribution in [3.63, 3.8) is 0 Å². The van der Waals surface area contributed by atoms with Gasteiger partial charge in [0.25, 0.3) is 5.91 Å². The molecule has 0 bridgehead atoms. The largest absolute Gasteiger partial charge is 0.416 e. The van der Waals surface area contributed by atoms with Crippen molar-refractivity contribution in [1.29, 1.82) is 0 Å². The van der Waals surface area contributed by atoms with Crippen LogP contribution in [0.5, 0.6) is 0 Å². The zero-order chi connectivity index (χ0) is 18.8. The summed E-state index contributed by atoms with van der Waals surface area (Å²) >= 11 is 0. The van der Waals surface area contributed by atoms with E-state index in [1.54, 1.807) is 6.92 Å². The molecule has 0 aromatic heterocycles. The van der Waals surface area contributed by atoms with E-state index in [0.29, 0.717) is 5.56 Å². The number of sulfone groups is 1. The second-order valence-electron chi connectivity index (χ2n) is 5.61. The number of halogens is 3. The molecular formula is C17H16F3NO3S. The van der Waals surface area contributed by atoms with Gasteiger partial charge in [0.1, 0.15) is 0 Å². The fraction of sp³-hybridized carbons (Fsp3) is 0.235. The van der Waals surface area contributed by atoms with E-state index in [1.165, 1.54) is 36.4 Å². The minimum atomic E-state index is -4.41. The lowest BCUT2D eigenvalue weighted by Gasteiger charge is -2.15. The summed E-state index contributed by atoms with van der Waals surface area (Å²) in [6.45, 7) is 1.64. The monoisotopic (exact) mass is 371 g/mol. The third-order valence-corrected chi connectivity index (χ3v) is 4.76. The number of carbonyl (C=O) groups excluding carboxylic acids is 1. The van der Waals surface area contributed by atoms with Crippen LogP contribution in [0, 0.1) is 0 Å². The Morgan fingerprint density at radius 1 is 1.00 bits per heavy atom. The van der Waals surface area contributed by atoms with Gasteiger partial charge in [0, 0.05) is 11.8 Å². The van der Waals surface area contributed by atoms with Gasteiger partial charge in [0.15, 0.2) is 9.84 Å². The molecule has 1 atom stereocenters. The Hall–Kier alpha value is -2.35. The zero-order valence-electron chi connectivity index (χ0n) is 13.5. The van der Waals surface area contributed by atoms with E-state index < -0.39 is 33.5 Å². The summed E-state index contributed by atoms with van der Waals surface area (Å²) in [6, 6.07) is 9.43. The van der Waals surface area contributed by atoms with Crippen LogP contribution in [0.15, 0.2) is 53.4 Å². The molecule has 0 fully saturated rings. The average molecular weight is 371 g/mol. The van der Waals surface area contributed by atoms with Crippen LogP contribution in [0.25, 0.3) is 0 Å². The molecule has 25 heavy (non-hydrogen) atoms. The van der Waals surface area contributed by atoms with Gasteiger partial charge in [-0.1, -0.05) is 12.1 Å². The maximum absolute atomic E-state index is 12.6. The molecule has 0 heterocycles. The number of benzene rings is 2. The molecule has 134 valence electrons. The minimum Gasteiger partial charge on any atom is -0.346 e. The van der Waals surface area contributed by atoms with Gasteiger partial charge in [-0.2, -0.15) is 13.2 Å². The third-order valence-electron chi connectivity index (χ3n) is 3.63. The first-order valence-corrected chi connectivity index (χ1v) is 9.16. The fourth-order valence-electron chi connectivity index (χ4n) is 2.18. The second-order valence-corrected chi connectivity index (χ2v) is 7.63. The maximum Gasteiger partial charge on any atom is 0.416 e. The molecule has 0 saturated heterocycles. The number of alkyl halides is 3. The molecule has 0 saturated carbocycles. The number of nitrogens with one attached hydrogen (secondary N) is 1. The van der Waals surface area contributed by atoms with Crippen LogP contribution >= 0.6 is 0 Å². The van der Waals surface area contributed by atoms with Gasteiger partial charge in [-0.25, -0.2) is 8.42 Å². The van der Waals surface area contributed by atoms with Crippen molar-refractivity contribution in [2.24, 2.45) is 0 Å². The molecular weight excluding hydrogens is 355 g/mol. The third kappa shape index (κ3) is 4.82. The van der Waals surface area contributed by atoms with Gasteiger partial charge in [-0.3, -0.25) is 4.79 Å². The van der Waals surface area contributed by atoms with Crippen molar-refractivity contribution in [3.05, 3.63) is 65.2 Å². The molecule has 8 heteroatoms. The Morgan fingerprint density at radius 2 is 1.52 bits per heavy atom. The molecule has 0 aliphatic carbocycles. The van der Waals surface area contributed by atoms with E-state index in [0.717, 1.165) is 18.4 Å². The van der Waals surface area contributed by atoms with Crippen LogP contribution in [-0.2, 0) is 16.0 Å². The Labute approximate surface area is 143 Å². The normalized spacial score (nSPS) is 13.3. The van der Waals surface area contributed by atoms with E-state index in [-0.39, 0.29) is 10.5 Å². The second kappa shape index (κ2) is 6.87. The molecule has 2 aromatic rings. The smallest absolute Gasteiger partial charge is 0.346 e. The Balaban J connectivity index is 2.09. The van der Waals surface area contributed by atoms with E-state index >= 15 is 0 Å². The van der Waals surface area contributed by atoms with Crippen molar-refractivity contribution in [2.45, 2.75) is 24.0 Å². The Morgan fingerprint density at radius 3 is 1.96 bits per heavy atom. The number of amides is 1. The topological polar surface area (TPSA) is 63.2 Å². The van der Waals surface area contributed by atoms with Crippen molar-refractivity contribution >= 4 is 15.7 Å². The van der Waals surface area contributed by atoms with Crippen molar-refractivity contribution < 1.29 is 26.4 Å². The molecule has 4 nitrogen and oxygen atoms in total. The predicted molar refractivity (Wildman–Crippen MR) is 86.9 cm³/mol. The molecule has 2 rings (SSSR count). The Kier molecular flexibility index (Phi) is 5.22. The zero-order valence-corrected chi connectivity index (χ0v) is 14.3. The maximum atomic E-state index is 12.6. The van der Waals surface area contributed by atoms with E-state index in [2.05, 4.69) is 5.32 Å². The number of hydrogen-bond donors (Lipinski definition) is 1. The predicted octanol–water partition coefficient (Wildman–Crippen LogP) is 3.60. The van der Waals surface area contributed by atoms with Crippen molar-refractivity contribution in [3.8, 4) is 0 Å². The molecule has 0 aliphatic heterocycles. The first-order chi connectivity index (χ1) is 11.5. The van der Waals surface area contributed by atoms with Crippen LogP contribution in [-0.4, -0.2) is 20.6 Å². The van der Waals surface area contributed by atoms with Gasteiger partial charge >= 0.3 is 6.18 Å². The van der Waals surface area contributed by atoms with E-state index in [1.807, 2.05) is 0 Å². The number of carbonyl (C=O) groups is 1. The lowest BCUT2D eigenvalue weighted by molar-refractivity contribution is -0.137. The SMILES string of the molecule is CC(NC(=O)c1ccc(S(C)(=O)=O)cc1)c1ccc(C(F)(F)F)cc1. The molecule has 2 aromatic carbocycles. The van der Waals surface area contributed by atoms with Crippen LogP contribution in [0.1, 0.15) is 34.5 Å². The molecule has 1 N–H and O–H groups in total. The van der Waals surface area contributed by atoms with Gasteiger partial charge in [0.2, 0.25) is 0 Å². The van der Waals surface area contributed by atoms with Crippen LogP contribution in [0.4, 0.5) is 13.2 Å². The lowest BCUT2D eigenvalue weighted by atomic mass is 10.1. The van der Waals surface area contributed by atoms with Crippen molar-refractivity contribution in [1.82, 2.24) is 5.32 Å². The molecule has 0 aliphatic rings. The van der Waals surface area contributed by atoms with E-state index in [4.69, 9.17) is 0 Å². The summed E-state index contributed by atoms with van der Waals surface area (Å²) in [4.78, 5) is 12.3. The highest BCUT2D eigenvalue weighted by atomic mass is 32.2. The first-order valence-electron chi connectivity index (χ1n) is 7.26. The quantitative estimate of drug-likeness (QED) is 0.893. The highest BCUT2D eigenvalue weighted by Gasteiger charge is 2.30. The van der Waals surface area contributed by atoms with Gasteiger partial charge < -0.3 is 5.32 Å². The standard InChI is InChI=1S/C17H16F3NO3S/c1-11(12-3-7-14(8-4-12)17(18,19)20)21-16(22)13-5-9-15(10-6-13)25(2,23)24/h3-11H,1-2H3,(H,21,22). The van der Waals surface area contributed by atoms with Crippen LogP contribution < -0.4 is 5.32 Å². The summed E-state index contributed by atoms with van der Waals surface area (Å²) in [5.41, 5.74) is 0.0198. The summed E-state index contributed by atoms with van der Waals surface area (Å²) < 4.78 is 60.5. The molecule has 1 unspecified atom stereocenters.